The second-order valence-corrected chi connectivity index (χ2v) is 4.42. The summed E-state index contributed by atoms with van der Waals surface area (Å²) >= 11 is 0. The quantitative estimate of drug-likeness (QED) is 0.824. The number of anilines is 2. The number of nitrogens with two attached hydrogens (primary N) is 1. The molecule has 17 heavy (non-hydrogen) atoms. The lowest BCUT2D eigenvalue weighted by molar-refractivity contribution is 0.0635. The molecule has 3 N–H and O–H groups in total. The monoisotopic (exact) mass is 239 g/mol. The molecule has 1 rings (SSSR count). The number of ether oxygens (including phenoxy) is 2. The molecular weight excluding hydrogens is 222 g/mol. The van der Waals surface area contributed by atoms with Crippen LogP contribution in [0.5, 0.6) is 5.88 Å². The molecule has 0 bridgehead atoms. The van der Waals surface area contributed by atoms with E-state index in [2.05, 4.69) is 10.3 Å². The Labute approximate surface area is 100 Å². The molecule has 0 atom stereocenters. The van der Waals surface area contributed by atoms with E-state index in [1.54, 1.807) is 32.9 Å². The molecular formula is C11H17N3O3. The van der Waals surface area contributed by atoms with Crippen molar-refractivity contribution >= 4 is 17.6 Å². The number of methoxy groups -OCH3 is 1. The highest BCUT2D eigenvalue weighted by molar-refractivity contribution is 5.87. The van der Waals surface area contributed by atoms with Crippen LogP contribution in [0.2, 0.25) is 0 Å². The first-order valence-corrected chi connectivity index (χ1v) is 5.12. The summed E-state index contributed by atoms with van der Waals surface area (Å²) in [7, 11) is 1.48. The highest BCUT2D eigenvalue weighted by Gasteiger charge is 2.17. The molecule has 0 saturated heterocycles. The Kier molecular flexibility index (Phi) is 3.77. The van der Waals surface area contributed by atoms with Crippen LogP contribution in [0.1, 0.15) is 20.8 Å². The maximum Gasteiger partial charge on any atom is 0.413 e. The van der Waals surface area contributed by atoms with E-state index >= 15 is 0 Å². The fourth-order valence-electron chi connectivity index (χ4n) is 1.07. The van der Waals surface area contributed by atoms with Gasteiger partial charge in [0.25, 0.3) is 0 Å². The van der Waals surface area contributed by atoms with Crippen molar-refractivity contribution in [2.75, 3.05) is 18.2 Å². The molecule has 1 aromatic rings. The first-order valence-electron chi connectivity index (χ1n) is 5.12. The third-order valence-electron chi connectivity index (χ3n) is 1.73. The van der Waals surface area contributed by atoms with Crippen LogP contribution in [0, 0.1) is 0 Å². The number of nitrogens with zero attached hydrogens (tertiary/aromatic N) is 1. The molecule has 1 amide bonds. The maximum absolute atomic E-state index is 11.5. The second-order valence-electron chi connectivity index (χ2n) is 4.42. The second kappa shape index (κ2) is 4.90. The van der Waals surface area contributed by atoms with Crippen LogP contribution in [0.4, 0.5) is 16.3 Å². The summed E-state index contributed by atoms with van der Waals surface area (Å²) in [6.07, 6.45) is -0.607. The van der Waals surface area contributed by atoms with Crippen LogP contribution < -0.4 is 15.8 Å². The zero-order valence-electron chi connectivity index (χ0n) is 10.4. The predicted octanol–water partition coefficient (Wildman–Crippen LogP) is 2.02. The number of hydrogen-bond donors (Lipinski definition) is 2. The SMILES string of the molecule is COc1ccc(N)c(NC(=O)OC(C)(C)C)n1. The Bertz CT molecular complexity index is 413. The van der Waals surface area contributed by atoms with Crippen molar-refractivity contribution in [1.82, 2.24) is 4.98 Å². The summed E-state index contributed by atoms with van der Waals surface area (Å²) in [6, 6.07) is 3.20. The van der Waals surface area contributed by atoms with Crippen molar-refractivity contribution in [3.8, 4) is 5.88 Å². The third-order valence-corrected chi connectivity index (χ3v) is 1.73. The van der Waals surface area contributed by atoms with Crippen LogP contribution >= 0.6 is 0 Å². The van der Waals surface area contributed by atoms with Gasteiger partial charge >= 0.3 is 6.09 Å². The number of amides is 1. The van der Waals surface area contributed by atoms with Gasteiger partial charge in [0, 0.05) is 6.07 Å². The number of aromatic nitrogens is 1. The van der Waals surface area contributed by atoms with E-state index in [1.165, 1.54) is 7.11 Å². The normalized spacial score (nSPS) is 10.8. The predicted molar refractivity (Wildman–Crippen MR) is 65.1 cm³/mol. The van der Waals surface area contributed by atoms with Crippen molar-refractivity contribution in [2.24, 2.45) is 0 Å². The Morgan fingerprint density at radius 3 is 2.59 bits per heavy atom. The number of nitrogen functional groups attached to an aromatic ring is 1. The van der Waals surface area contributed by atoms with Gasteiger partial charge in [0.15, 0.2) is 5.82 Å². The minimum Gasteiger partial charge on any atom is -0.481 e. The Hall–Kier alpha value is -1.98. The lowest BCUT2D eigenvalue weighted by atomic mass is 10.2. The molecule has 1 heterocycles. The van der Waals surface area contributed by atoms with Crippen molar-refractivity contribution in [3.05, 3.63) is 12.1 Å². The van der Waals surface area contributed by atoms with Crippen molar-refractivity contribution in [1.29, 1.82) is 0 Å². The van der Waals surface area contributed by atoms with Gasteiger partial charge in [0.2, 0.25) is 5.88 Å². The molecule has 0 saturated carbocycles. The summed E-state index contributed by atoms with van der Waals surface area (Å²) in [5.41, 5.74) is 5.44. The zero-order valence-corrected chi connectivity index (χ0v) is 10.4. The summed E-state index contributed by atoms with van der Waals surface area (Å²) in [6.45, 7) is 5.32. The van der Waals surface area contributed by atoms with Gasteiger partial charge in [0.1, 0.15) is 5.60 Å². The maximum atomic E-state index is 11.5. The van der Waals surface area contributed by atoms with Crippen LogP contribution in [-0.2, 0) is 4.74 Å². The molecule has 1 aromatic heterocycles. The van der Waals surface area contributed by atoms with E-state index in [0.29, 0.717) is 11.6 Å². The van der Waals surface area contributed by atoms with E-state index in [9.17, 15) is 4.79 Å². The zero-order chi connectivity index (χ0) is 13.1. The highest BCUT2D eigenvalue weighted by Crippen LogP contribution is 2.20. The number of carbonyl (C=O) groups excluding carboxylic acids is 1. The smallest absolute Gasteiger partial charge is 0.413 e. The van der Waals surface area contributed by atoms with Gasteiger partial charge in [-0.15, -0.1) is 0 Å². The van der Waals surface area contributed by atoms with Gasteiger partial charge in [-0.2, -0.15) is 4.98 Å². The molecule has 0 radical (unpaired) electrons. The molecule has 0 aliphatic heterocycles. The summed E-state index contributed by atoms with van der Waals surface area (Å²) in [4.78, 5) is 15.5. The van der Waals surface area contributed by atoms with Gasteiger partial charge in [0.05, 0.1) is 12.8 Å². The first-order chi connectivity index (χ1) is 7.81. The fourth-order valence-corrected chi connectivity index (χ4v) is 1.07. The van der Waals surface area contributed by atoms with Crippen LogP contribution in [-0.4, -0.2) is 23.8 Å². The highest BCUT2D eigenvalue weighted by atomic mass is 16.6. The molecule has 0 unspecified atom stereocenters. The van der Waals surface area contributed by atoms with Crippen molar-refractivity contribution < 1.29 is 14.3 Å². The minimum atomic E-state index is -0.607. The molecule has 0 fully saturated rings. The van der Waals surface area contributed by atoms with E-state index in [1.807, 2.05) is 0 Å². The van der Waals surface area contributed by atoms with Gasteiger partial charge < -0.3 is 15.2 Å². The summed E-state index contributed by atoms with van der Waals surface area (Å²) in [5.74, 6) is 0.587. The summed E-state index contributed by atoms with van der Waals surface area (Å²) in [5, 5.41) is 2.46. The first kappa shape index (κ1) is 13.1. The number of rotatable bonds is 2. The van der Waals surface area contributed by atoms with Crippen molar-refractivity contribution in [3.63, 3.8) is 0 Å². The summed E-state index contributed by atoms with van der Waals surface area (Å²) < 4.78 is 10.0. The topological polar surface area (TPSA) is 86.5 Å². The largest absolute Gasteiger partial charge is 0.481 e. The van der Waals surface area contributed by atoms with Crippen LogP contribution in [0.3, 0.4) is 0 Å². The van der Waals surface area contributed by atoms with Crippen molar-refractivity contribution in [2.45, 2.75) is 26.4 Å². The molecule has 0 aliphatic carbocycles. The molecule has 6 heteroatoms. The van der Waals surface area contributed by atoms with Crippen LogP contribution in [0.15, 0.2) is 12.1 Å². The molecule has 94 valence electrons. The average Bonchev–Trinajstić information content (AvgIpc) is 2.18. The number of nitrogens with one attached hydrogen (secondary N) is 1. The molecule has 0 aliphatic rings. The van der Waals surface area contributed by atoms with Crippen LogP contribution in [0.25, 0.3) is 0 Å². The number of pyridine rings is 1. The minimum absolute atomic E-state index is 0.221. The Balaban J connectivity index is 2.77. The van der Waals surface area contributed by atoms with Gasteiger partial charge in [-0.05, 0) is 26.8 Å². The molecule has 0 aromatic carbocycles. The van der Waals surface area contributed by atoms with Gasteiger partial charge in [-0.1, -0.05) is 0 Å². The lowest BCUT2D eigenvalue weighted by Crippen LogP contribution is -2.27. The molecule has 6 nitrogen and oxygen atoms in total. The van der Waals surface area contributed by atoms with Gasteiger partial charge in [-0.3, -0.25) is 5.32 Å². The lowest BCUT2D eigenvalue weighted by Gasteiger charge is -2.19. The third kappa shape index (κ3) is 4.18. The standard InChI is InChI=1S/C11H17N3O3/c1-11(2,3)17-10(15)14-9-7(12)5-6-8(13-9)16-4/h5-6H,12H2,1-4H3,(H,13,14,15). The van der Waals surface area contributed by atoms with E-state index in [4.69, 9.17) is 15.2 Å². The van der Waals surface area contributed by atoms with E-state index in [-0.39, 0.29) is 5.82 Å². The average molecular weight is 239 g/mol. The Morgan fingerprint density at radius 2 is 2.06 bits per heavy atom. The number of carbonyl (C=O) groups is 1. The fraction of sp³-hybridized carbons (Fsp3) is 0.455. The number of hydrogen-bond acceptors (Lipinski definition) is 5. The van der Waals surface area contributed by atoms with E-state index < -0.39 is 11.7 Å². The van der Waals surface area contributed by atoms with Gasteiger partial charge in [-0.25, -0.2) is 4.79 Å². The molecule has 0 spiro atoms. The van der Waals surface area contributed by atoms with E-state index in [0.717, 1.165) is 0 Å². The Morgan fingerprint density at radius 1 is 1.41 bits per heavy atom.